The van der Waals surface area contributed by atoms with E-state index in [4.69, 9.17) is 9.84 Å². The van der Waals surface area contributed by atoms with Crippen molar-refractivity contribution in [3.05, 3.63) is 113 Å². The number of carbonyl (C=O) groups is 3. The van der Waals surface area contributed by atoms with Gasteiger partial charge in [0.2, 0.25) is 0 Å². The Morgan fingerprint density at radius 1 is 0.938 bits per heavy atom. The summed E-state index contributed by atoms with van der Waals surface area (Å²) in [4.78, 5) is 44.4. The monoisotopic (exact) mass is 651 g/mol. The maximum Gasteiger partial charge on any atom is 0.411 e. The van der Waals surface area contributed by atoms with Crippen molar-refractivity contribution in [1.29, 1.82) is 0 Å². The zero-order valence-electron chi connectivity index (χ0n) is 28.0. The highest BCUT2D eigenvalue weighted by atomic mass is 16.5. The van der Waals surface area contributed by atoms with Crippen LogP contribution in [0.15, 0.2) is 78.9 Å². The number of carbonyl (C=O) groups excluding carboxylic acids is 3. The third-order valence-corrected chi connectivity index (χ3v) is 8.70. The number of aryl methyl sites for hydroxylation is 1. The molecule has 252 valence electrons. The summed E-state index contributed by atoms with van der Waals surface area (Å²) in [5.41, 5.74) is 5.05. The molecule has 2 heterocycles. The first kappa shape index (κ1) is 34.4. The highest BCUT2D eigenvalue weighted by molar-refractivity contribution is 6.00. The number of nitrogens with one attached hydrogen (secondary N) is 1. The highest BCUT2D eigenvalue weighted by Gasteiger charge is 2.32. The van der Waals surface area contributed by atoms with E-state index in [-0.39, 0.29) is 30.6 Å². The molecule has 0 aliphatic carbocycles. The number of anilines is 1. The quantitative estimate of drug-likeness (QED) is 0.170. The van der Waals surface area contributed by atoms with Crippen molar-refractivity contribution in [1.82, 2.24) is 19.6 Å². The molecular formula is C38H45N5O5. The summed E-state index contributed by atoms with van der Waals surface area (Å²) < 4.78 is 7.04. The standard InChI is InChI=1S/C38H45N5O5/c1-4-6-19-41(20-7-5-2)37(46)34-21-27(3)43(40-34)35-18-17-31(39-38(47)48-26-28-13-9-8-10-14-28)23-33(35)36(45)42-24-30-16-12-11-15-29(30)22-32(42)25-44/h8-18,21,23,32,44H,4-7,19-20,22,24-26H2,1-3H3,(H,39,47). The van der Waals surface area contributed by atoms with Crippen molar-refractivity contribution < 1.29 is 24.2 Å². The van der Waals surface area contributed by atoms with Crippen LogP contribution in [0.1, 0.15) is 82.8 Å². The summed E-state index contributed by atoms with van der Waals surface area (Å²) >= 11 is 0. The van der Waals surface area contributed by atoms with Crippen LogP contribution in [-0.2, 0) is 24.3 Å². The van der Waals surface area contributed by atoms with Gasteiger partial charge < -0.3 is 19.6 Å². The van der Waals surface area contributed by atoms with Crippen LogP contribution in [0.2, 0.25) is 0 Å². The average molecular weight is 652 g/mol. The van der Waals surface area contributed by atoms with Crippen LogP contribution >= 0.6 is 0 Å². The lowest BCUT2D eigenvalue weighted by molar-refractivity contribution is 0.0544. The Morgan fingerprint density at radius 2 is 1.62 bits per heavy atom. The van der Waals surface area contributed by atoms with E-state index in [2.05, 4.69) is 19.2 Å². The van der Waals surface area contributed by atoms with E-state index in [9.17, 15) is 19.5 Å². The van der Waals surface area contributed by atoms with Crippen molar-refractivity contribution in [3.8, 4) is 5.69 Å². The van der Waals surface area contributed by atoms with Crippen molar-refractivity contribution in [2.75, 3.05) is 25.0 Å². The van der Waals surface area contributed by atoms with Gasteiger partial charge in [-0.1, -0.05) is 81.3 Å². The third-order valence-electron chi connectivity index (χ3n) is 8.70. The number of ether oxygens (including phenoxy) is 1. The van der Waals surface area contributed by atoms with E-state index < -0.39 is 12.1 Å². The number of aliphatic hydroxyl groups is 1. The Bertz CT molecular complexity index is 1710. The van der Waals surface area contributed by atoms with Crippen LogP contribution in [0.25, 0.3) is 5.69 Å². The van der Waals surface area contributed by atoms with Gasteiger partial charge in [-0.05, 0) is 67.1 Å². The van der Waals surface area contributed by atoms with Gasteiger partial charge in [0.05, 0.1) is 23.9 Å². The number of benzene rings is 3. The summed E-state index contributed by atoms with van der Waals surface area (Å²) in [7, 11) is 0. The molecule has 0 spiro atoms. The number of aliphatic hydroxyl groups excluding tert-OH is 1. The zero-order chi connectivity index (χ0) is 34.0. The van der Waals surface area contributed by atoms with Crippen molar-refractivity contribution >= 4 is 23.6 Å². The zero-order valence-corrected chi connectivity index (χ0v) is 28.0. The van der Waals surface area contributed by atoms with E-state index in [0.29, 0.717) is 48.8 Å². The number of fused-ring (bicyclic) bond motifs is 1. The SMILES string of the molecule is CCCCN(CCCC)C(=O)c1cc(C)n(-c2ccc(NC(=O)OCc3ccccc3)cc2C(=O)N2Cc3ccccc3CC2CO)n1. The Balaban J connectivity index is 1.48. The number of unbranched alkanes of at least 4 members (excludes halogenated alkanes) is 2. The fraction of sp³-hybridized carbons (Fsp3) is 0.368. The fourth-order valence-electron chi connectivity index (χ4n) is 5.99. The summed E-state index contributed by atoms with van der Waals surface area (Å²) in [6.07, 6.45) is 3.62. The Morgan fingerprint density at radius 3 is 2.31 bits per heavy atom. The second-order valence-electron chi connectivity index (χ2n) is 12.2. The van der Waals surface area contributed by atoms with E-state index in [0.717, 1.165) is 42.4 Å². The first-order valence-corrected chi connectivity index (χ1v) is 16.8. The Kier molecular flexibility index (Phi) is 11.6. The minimum absolute atomic E-state index is 0.0960. The number of amides is 3. The minimum atomic E-state index is -0.660. The van der Waals surface area contributed by atoms with Crippen LogP contribution in [0, 0.1) is 6.92 Å². The molecule has 4 aromatic rings. The molecule has 0 radical (unpaired) electrons. The Hall–Kier alpha value is -4.96. The molecule has 1 atom stereocenters. The van der Waals surface area contributed by atoms with E-state index in [1.807, 2.05) is 66.4 Å². The van der Waals surface area contributed by atoms with Crippen LogP contribution in [0.3, 0.4) is 0 Å². The smallest absolute Gasteiger partial charge is 0.411 e. The average Bonchev–Trinajstić information content (AvgIpc) is 3.51. The number of hydrogen-bond donors (Lipinski definition) is 2. The molecule has 1 aromatic heterocycles. The van der Waals surface area contributed by atoms with Crippen LogP contribution in [0.4, 0.5) is 10.5 Å². The van der Waals surface area contributed by atoms with Gasteiger partial charge in [0.15, 0.2) is 5.69 Å². The lowest BCUT2D eigenvalue weighted by Gasteiger charge is -2.36. The van der Waals surface area contributed by atoms with E-state index in [1.54, 1.807) is 33.8 Å². The Labute approximate surface area is 282 Å². The topological polar surface area (TPSA) is 117 Å². The molecule has 0 fully saturated rings. The number of rotatable bonds is 13. The second-order valence-corrected chi connectivity index (χ2v) is 12.2. The summed E-state index contributed by atoms with van der Waals surface area (Å²) in [5.74, 6) is -0.464. The molecule has 48 heavy (non-hydrogen) atoms. The lowest BCUT2D eigenvalue weighted by Crippen LogP contribution is -2.46. The summed E-state index contributed by atoms with van der Waals surface area (Å²) in [6, 6.07) is 23.6. The van der Waals surface area contributed by atoms with Gasteiger partial charge in [0, 0.05) is 31.0 Å². The molecule has 1 aliphatic rings. The van der Waals surface area contributed by atoms with Crippen LogP contribution < -0.4 is 5.32 Å². The summed E-state index contributed by atoms with van der Waals surface area (Å²) in [6.45, 7) is 7.58. The fourth-order valence-corrected chi connectivity index (χ4v) is 5.99. The largest absolute Gasteiger partial charge is 0.444 e. The van der Waals surface area contributed by atoms with Gasteiger partial charge in [-0.2, -0.15) is 5.10 Å². The molecule has 0 bridgehead atoms. The molecule has 3 aromatic carbocycles. The van der Waals surface area contributed by atoms with Gasteiger partial charge in [0.1, 0.15) is 6.61 Å². The number of hydrogen-bond acceptors (Lipinski definition) is 6. The molecule has 1 unspecified atom stereocenters. The van der Waals surface area contributed by atoms with Gasteiger partial charge in [-0.25, -0.2) is 9.48 Å². The molecular weight excluding hydrogens is 606 g/mol. The molecule has 1 aliphatic heterocycles. The maximum atomic E-state index is 14.5. The number of nitrogens with zero attached hydrogens (tertiary/aromatic N) is 4. The molecule has 10 heteroatoms. The van der Waals surface area contributed by atoms with E-state index >= 15 is 0 Å². The lowest BCUT2D eigenvalue weighted by atomic mass is 9.93. The van der Waals surface area contributed by atoms with Crippen molar-refractivity contribution in [2.24, 2.45) is 0 Å². The molecule has 0 saturated heterocycles. The van der Waals surface area contributed by atoms with Gasteiger partial charge >= 0.3 is 6.09 Å². The molecule has 5 rings (SSSR count). The summed E-state index contributed by atoms with van der Waals surface area (Å²) in [5, 5.41) is 17.8. The van der Waals surface area contributed by atoms with Crippen LogP contribution in [-0.4, -0.2) is 68.3 Å². The predicted octanol–water partition coefficient (Wildman–Crippen LogP) is 6.53. The van der Waals surface area contributed by atoms with E-state index in [1.165, 1.54) is 0 Å². The van der Waals surface area contributed by atoms with Gasteiger partial charge in [0.25, 0.3) is 11.8 Å². The van der Waals surface area contributed by atoms with Gasteiger partial charge in [-0.15, -0.1) is 0 Å². The van der Waals surface area contributed by atoms with Crippen molar-refractivity contribution in [3.63, 3.8) is 0 Å². The normalized spacial score (nSPS) is 13.9. The molecule has 10 nitrogen and oxygen atoms in total. The molecule has 3 amide bonds. The maximum absolute atomic E-state index is 14.5. The molecule has 2 N–H and O–H groups in total. The van der Waals surface area contributed by atoms with Crippen LogP contribution in [0.5, 0.6) is 0 Å². The number of aromatic nitrogens is 2. The molecule has 0 saturated carbocycles. The third kappa shape index (κ3) is 8.12. The van der Waals surface area contributed by atoms with Gasteiger partial charge in [-0.3, -0.25) is 14.9 Å². The first-order valence-electron chi connectivity index (χ1n) is 16.8. The second kappa shape index (κ2) is 16.2. The predicted molar refractivity (Wildman–Crippen MR) is 185 cm³/mol. The highest BCUT2D eigenvalue weighted by Crippen LogP contribution is 2.29. The minimum Gasteiger partial charge on any atom is -0.444 e. The van der Waals surface area contributed by atoms with Crippen molar-refractivity contribution in [2.45, 2.75) is 72.1 Å². The first-order chi connectivity index (χ1) is 23.3.